The fourth-order valence-electron chi connectivity index (χ4n) is 1.77. The Morgan fingerprint density at radius 2 is 2.06 bits per heavy atom. The molecule has 17 heavy (non-hydrogen) atoms. The molecule has 1 aliphatic rings. The molecule has 0 saturated heterocycles. The average Bonchev–Trinajstić information content (AvgIpc) is 2.38. The van der Waals surface area contributed by atoms with Crippen LogP contribution in [0.4, 0.5) is 11.5 Å². The molecule has 90 valence electrons. The van der Waals surface area contributed by atoms with Crippen LogP contribution >= 0.6 is 0 Å². The molecule has 1 fully saturated rings. The molecule has 1 heterocycles. The van der Waals surface area contributed by atoms with Crippen molar-refractivity contribution in [3.05, 3.63) is 28.4 Å². The number of hydrogen-bond donors (Lipinski definition) is 1. The summed E-state index contributed by atoms with van der Waals surface area (Å²) in [6.45, 7) is 0. The number of hydrazone groups is 1. The molecule has 6 heteroatoms. The highest BCUT2D eigenvalue weighted by atomic mass is 16.6. The minimum atomic E-state index is -0.468. The number of rotatable bonds is 3. The Labute approximate surface area is 98.9 Å². The third-order valence-electron chi connectivity index (χ3n) is 2.72. The van der Waals surface area contributed by atoms with Gasteiger partial charge in [-0.15, -0.1) is 0 Å². The molecule has 6 nitrogen and oxygen atoms in total. The minimum absolute atomic E-state index is 0.0131. The van der Waals surface area contributed by atoms with Crippen LogP contribution in [0.3, 0.4) is 0 Å². The third-order valence-corrected chi connectivity index (χ3v) is 2.72. The van der Waals surface area contributed by atoms with Gasteiger partial charge in [-0.25, -0.2) is 4.98 Å². The zero-order valence-corrected chi connectivity index (χ0v) is 9.43. The molecule has 0 atom stereocenters. The summed E-state index contributed by atoms with van der Waals surface area (Å²) in [5.41, 5.74) is 3.97. The van der Waals surface area contributed by atoms with Crippen LogP contribution in [0.5, 0.6) is 0 Å². The van der Waals surface area contributed by atoms with E-state index >= 15 is 0 Å². The largest absolute Gasteiger partial charge is 0.287 e. The number of anilines is 1. The topological polar surface area (TPSA) is 80.4 Å². The Bertz CT molecular complexity index is 420. The lowest BCUT2D eigenvalue weighted by Crippen LogP contribution is -2.07. The Hall–Kier alpha value is -1.98. The molecule has 1 aliphatic carbocycles. The van der Waals surface area contributed by atoms with Gasteiger partial charge in [0.05, 0.1) is 4.92 Å². The quantitative estimate of drug-likeness (QED) is 0.644. The highest BCUT2D eigenvalue weighted by Gasteiger charge is 2.07. The van der Waals surface area contributed by atoms with Gasteiger partial charge in [0.1, 0.15) is 12.0 Å². The summed E-state index contributed by atoms with van der Waals surface area (Å²) in [6, 6.07) is 2.97. The maximum atomic E-state index is 10.4. The standard InChI is InChI=1S/C11H14N4O2/c16-15(17)10-6-7-11(12-8-10)14-13-9-4-2-1-3-5-9/h6-8H,1-5H2,(H,12,14). The van der Waals surface area contributed by atoms with Crippen molar-refractivity contribution < 1.29 is 4.92 Å². The van der Waals surface area contributed by atoms with E-state index in [1.165, 1.54) is 31.5 Å². The lowest BCUT2D eigenvalue weighted by Gasteiger charge is -2.11. The maximum absolute atomic E-state index is 10.4. The van der Waals surface area contributed by atoms with E-state index in [1.807, 2.05) is 0 Å². The summed E-state index contributed by atoms with van der Waals surface area (Å²) < 4.78 is 0. The van der Waals surface area contributed by atoms with Crippen LogP contribution in [0.15, 0.2) is 23.4 Å². The molecule has 0 spiro atoms. The Kier molecular flexibility index (Phi) is 3.64. The first-order valence-electron chi connectivity index (χ1n) is 5.67. The van der Waals surface area contributed by atoms with E-state index in [0.717, 1.165) is 18.6 Å². The van der Waals surface area contributed by atoms with Gasteiger partial charge in [0.15, 0.2) is 0 Å². The Balaban J connectivity index is 1.96. The second kappa shape index (κ2) is 5.38. The normalized spacial score (nSPS) is 15.4. The van der Waals surface area contributed by atoms with E-state index in [4.69, 9.17) is 0 Å². The predicted octanol–water partition coefficient (Wildman–Crippen LogP) is 2.72. The van der Waals surface area contributed by atoms with Crippen molar-refractivity contribution in [2.45, 2.75) is 32.1 Å². The smallest absolute Gasteiger partial charge is 0.261 e. The summed E-state index contributed by atoms with van der Waals surface area (Å²) in [5, 5.41) is 14.7. The van der Waals surface area contributed by atoms with Gasteiger partial charge in [-0.3, -0.25) is 15.5 Å². The number of hydrogen-bond acceptors (Lipinski definition) is 5. The van der Waals surface area contributed by atoms with Gasteiger partial charge >= 0.3 is 0 Å². The highest BCUT2D eigenvalue weighted by molar-refractivity contribution is 5.85. The molecule has 0 aliphatic heterocycles. The van der Waals surface area contributed by atoms with Crippen LogP contribution in [0.1, 0.15) is 32.1 Å². The summed E-state index contributed by atoms with van der Waals surface area (Å²) in [5.74, 6) is 0.536. The summed E-state index contributed by atoms with van der Waals surface area (Å²) in [6.07, 6.45) is 6.93. The lowest BCUT2D eigenvalue weighted by molar-refractivity contribution is -0.385. The molecule has 0 bridgehead atoms. The third kappa shape index (κ3) is 3.24. The molecule has 2 rings (SSSR count). The van der Waals surface area contributed by atoms with Crippen LogP contribution in [0, 0.1) is 10.1 Å². The maximum Gasteiger partial charge on any atom is 0.287 e. The number of pyridine rings is 1. The number of nitrogens with zero attached hydrogens (tertiary/aromatic N) is 3. The minimum Gasteiger partial charge on any atom is -0.261 e. The molecule has 1 saturated carbocycles. The zero-order chi connectivity index (χ0) is 12.1. The number of nitrogens with one attached hydrogen (secondary N) is 1. The fourth-order valence-corrected chi connectivity index (χ4v) is 1.77. The fraction of sp³-hybridized carbons (Fsp3) is 0.455. The van der Waals surface area contributed by atoms with Gasteiger partial charge in [0.2, 0.25) is 0 Å². The van der Waals surface area contributed by atoms with E-state index in [-0.39, 0.29) is 5.69 Å². The number of nitro groups is 1. The molecule has 1 aromatic rings. The van der Waals surface area contributed by atoms with Crippen molar-refractivity contribution in [2.75, 3.05) is 5.43 Å². The second-order valence-electron chi connectivity index (χ2n) is 4.01. The van der Waals surface area contributed by atoms with Gasteiger partial charge in [0, 0.05) is 11.8 Å². The van der Waals surface area contributed by atoms with Crippen LogP contribution in [0.25, 0.3) is 0 Å². The first kappa shape index (κ1) is 11.5. The van der Waals surface area contributed by atoms with Crippen LogP contribution in [-0.4, -0.2) is 15.6 Å². The van der Waals surface area contributed by atoms with E-state index in [2.05, 4.69) is 15.5 Å². The van der Waals surface area contributed by atoms with E-state index < -0.39 is 4.92 Å². The van der Waals surface area contributed by atoms with Crippen molar-refractivity contribution in [3.63, 3.8) is 0 Å². The van der Waals surface area contributed by atoms with Crippen molar-refractivity contribution in [1.29, 1.82) is 0 Å². The monoisotopic (exact) mass is 234 g/mol. The van der Waals surface area contributed by atoms with Gasteiger partial charge in [0.25, 0.3) is 5.69 Å². The summed E-state index contributed by atoms with van der Waals surface area (Å²) >= 11 is 0. The highest BCUT2D eigenvalue weighted by Crippen LogP contribution is 2.16. The molecule has 0 unspecified atom stereocenters. The van der Waals surface area contributed by atoms with Gasteiger partial charge in [-0.2, -0.15) is 5.10 Å². The van der Waals surface area contributed by atoms with Gasteiger partial charge in [-0.05, 0) is 31.7 Å². The molecular weight excluding hydrogens is 220 g/mol. The predicted molar refractivity (Wildman–Crippen MR) is 65.0 cm³/mol. The summed E-state index contributed by atoms with van der Waals surface area (Å²) in [4.78, 5) is 13.9. The first-order valence-corrected chi connectivity index (χ1v) is 5.67. The molecule has 0 amide bonds. The molecule has 0 aromatic carbocycles. The van der Waals surface area contributed by atoms with Crippen LogP contribution in [-0.2, 0) is 0 Å². The first-order chi connectivity index (χ1) is 8.25. The molecule has 0 radical (unpaired) electrons. The van der Waals surface area contributed by atoms with Crippen molar-refractivity contribution in [2.24, 2.45) is 5.10 Å². The number of aromatic nitrogens is 1. The Morgan fingerprint density at radius 3 is 2.65 bits per heavy atom. The molecule has 1 aromatic heterocycles. The SMILES string of the molecule is O=[N+]([O-])c1ccc(NN=C2CCCCC2)nc1. The van der Waals surface area contributed by atoms with Crippen LogP contribution in [0.2, 0.25) is 0 Å². The summed E-state index contributed by atoms with van der Waals surface area (Å²) in [7, 11) is 0. The van der Waals surface area contributed by atoms with Gasteiger partial charge < -0.3 is 0 Å². The van der Waals surface area contributed by atoms with Gasteiger partial charge in [-0.1, -0.05) is 6.42 Å². The molecular formula is C11H14N4O2. The average molecular weight is 234 g/mol. The van der Waals surface area contributed by atoms with Crippen molar-refractivity contribution in [3.8, 4) is 0 Å². The van der Waals surface area contributed by atoms with E-state index in [1.54, 1.807) is 6.07 Å². The van der Waals surface area contributed by atoms with E-state index in [9.17, 15) is 10.1 Å². The second-order valence-corrected chi connectivity index (χ2v) is 4.01. The van der Waals surface area contributed by atoms with Crippen LogP contribution < -0.4 is 5.43 Å². The Morgan fingerprint density at radius 1 is 1.29 bits per heavy atom. The van der Waals surface area contributed by atoms with Crippen molar-refractivity contribution >= 4 is 17.2 Å². The lowest BCUT2D eigenvalue weighted by atomic mass is 9.99. The van der Waals surface area contributed by atoms with Crippen molar-refractivity contribution in [1.82, 2.24) is 4.98 Å². The van der Waals surface area contributed by atoms with E-state index in [0.29, 0.717) is 5.82 Å². The zero-order valence-electron chi connectivity index (χ0n) is 9.43. The molecule has 1 N–H and O–H groups in total.